The number of anilines is 2. The highest BCUT2D eigenvalue weighted by molar-refractivity contribution is 6.30. The molecule has 3 aromatic heterocycles. The Kier molecular flexibility index (Phi) is 7.52. The van der Waals surface area contributed by atoms with Crippen LogP contribution in [0.25, 0.3) is 11.3 Å². The maximum absolute atomic E-state index is 14.3. The van der Waals surface area contributed by atoms with Gasteiger partial charge in [0, 0.05) is 43.7 Å². The highest BCUT2D eigenvalue weighted by Gasteiger charge is 2.60. The smallest absolute Gasteiger partial charge is 0.339 e. The zero-order chi connectivity index (χ0) is 31.0. The first-order chi connectivity index (χ1) is 21.2. The molecule has 2 aliphatic heterocycles. The van der Waals surface area contributed by atoms with Gasteiger partial charge in [0.2, 0.25) is 11.8 Å². The number of ether oxygens (including phenoxy) is 1. The van der Waals surface area contributed by atoms with Crippen molar-refractivity contribution in [2.45, 2.75) is 38.8 Å². The van der Waals surface area contributed by atoms with Gasteiger partial charge in [-0.25, -0.2) is 24.4 Å². The zero-order valence-corrected chi connectivity index (χ0v) is 24.6. The van der Waals surface area contributed by atoms with Crippen molar-refractivity contribution in [3.8, 4) is 17.1 Å². The lowest BCUT2D eigenvalue weighted by molar-refractivity contribution is -0.123. The van der Waals surface area contributed by atoms with Crippen LogP contribution in [-0.4, -0.2) is 73.6 Å². The number of carbonyl (C=O) groups excluding carboxylic acids is 2. The molecule has 2 aliphatic rings. The summed E-state index contributed by atoms with van der Waals surface area (Å²) in [6.45, 7) is 5.60. The van der Waals surface area contributed by atoms with E-state index in [1.165, 1.54) is 30.5 Å². The second-order valence-electron chi connectivity index (χ2n) is 11.0. The number of carboxylic acid groups (broad SMARTS) is 1. The van der Waals surface area contributed by atoms with Crippen molar-refractivity contribution >= 4 is 29.5 Å². The van der Waals surface area contributed by atoms with Gasteiger partial charge in [-0.1, -0.05) is 12.1 Å². The van der Waals surface area contributed by atoms with Crippen LogP contribution in [0.5, 0.6) is 5.88 Å². The van der Waals surface area contributed by atoms with E-state index in [4.69, 9.17) is 4.74 Å². The molecule has 0 radical (unpaired) electrons. The van der Waals surface area contributed by atoms with Crippen LogP contribution < -0.4 is 14.5 Å². The van der Waals surface area contributed by atoms with Crippen molar-refractivity contribution < 1.29 is 24.2 Å². The van der Waals surface area contributed by atoms with Crippen LogP contribution in [0.3, 0.4) is 0 Å². The number of carbonyl (C=O) groups is 3. The fourth-order valence-electron chi connectivity index (χ4n) is 5.91. The number of pyridine rings is 2. The van der Waals surface area contributed by atoms with Crippen LogP contribution in [0, 0.1) is 13.8 Å². The number of hydrogen-bond donors (Lipinski definition) is 1. The Bertz CT molecular complexity index is 1750. The molecule has 12 nitrogen and oxygen atoms in total. The van der Waals surface area contributed by atoms with Gasteiger partial charge >= 0.3 is 12.0 Å². The first kappa shape index (κ1) is 28.9. The van der Waals surface area contributed by atoms with Crippen LogP contribution in [0.4, 0.5) is 16.4 Å². The fraction of sp³-hybridized carbons (Fsp3) is 0.281. The molecule has 0 atom stereocenters. The van der Waals surface area contributed by atoms with E-state index in [0.717, 1.165) is 27.3 Å². The topological polar surface area (TPSA) is 142 Å². The quantitative estimate of drug-likeness (QED) is 0.309. The lowest BCUT2D eigenvalue weighted by Gasteiger charge is -2.41. The maximum atomic E-state index is 14.3. The van der Waals surface area contributed by atoms with E-state index < -0.39 is 17.5 Å². The number of methoxy groups -OCH3 is 1. The molecule has 2 saturated heterocycles. The van der Waals surface area contributed by atoms with E-state index in [0.29, 0.717) is 43.9 Å². The number of amides is 3. The van der Waals surface area contributed by atoms with E-state index in [9.17, 15) is 19.5 Å². The average Bonchev–Trinajstić information content (AvgIpc) is 3.24. The predicted octanol–water partition coefficient (Wildman–Crippen LogP) is 4.27. The first-order valence-corrected chi connectivity index (χ1v) is 14.2. The number of aryl methyl sites for hydroxylation is 2. The first-order valence-electron chi connectivity index (χ1n) is 14.2. The summed E-state index contributed by atoms with van der Waals surface area (Å²) in [5, 5.41) is 9.30. The number of nitrogens with zero attached hydrogens (tertiary/aromatic N) is 7. The van der Waals surface area contributed by atoms with Gasteiger partial charge in [-0.15, -0.1) is 0 Å². The molecule has 0 unspecified atom stereocenters. The Morgan fingerprint density at radius 2 is 1.77 bits per heavy atom. The number of likely N-dealkylation sites (tertiary alicyclic amines) is 1. The van der Waals surface area contributed by atoms with Gasteiger partial charge in [0.15, 0.2) is 0 Å². The maximum Gasteiger partial charge on any atom is 0.339 e. The van der Waals surface area contributed by atoms with E-state index in [1.54, 1.807) is 36.5 Å². The number of hydrogen-bond acceptors (Lipinski definition) is 9. The molecule has 3 amide bonds. The number of aromatic nitrogens is 4. The van der Waals surface area contributed by atoms with Crippen molar-refractivity contribution in [3.05, 3.63) is 89.5 Å². The minimum Gasteiger partial charge on any atom is -0.481 e. The highest BCUT2D eigenvalue weighted by atomic mass is 16.5. The molecule has 2 fully saturated rings. The van der Waals surface area contributed by atoms with Crippen molar-refractivity contribution in [2.24, 2.45) is 0 Å². The molecule has 6 rings (SSSR count). The summed E-state index contributed by atoms with van der Waals surface area (Å²) in [5.41, 5.74) is 3.46. The summed E-state index contributed by atoms with van der Waals surface area (Å²) >= 11 is 0. The summed E-state index contributed by atoms with van der Waals surface area (Å²) in [6.07, 6.45) is 5.52. The molecule has 12 heteroatoms. The summed E-state index contributed by atoms with van der Waals surface area (Å²) < 4.78 is 5.30. The van der Waals surface area contributed by atoms with Gasteiger partial charge < -0.3 is 9.84 Å². The molecule has 224 valence electrons. The second kappa shape index (κ2) is 11.5. The Morgan fingerprint density at radius 3 is 2.43 bits per heavy atom. The third-order valence-corrected chi connectivity index (χ3v) is 8.37. The molecule has 5 heterocycles. The zero-order valence-electron chi connectivity index (χ0n) is 24.6. The number of carboxylic acids is 1. The van der Waals surface area contributed by atoms with Gasteiger partial charge in [-0.3, -0.25) is 19.7 Å². The van der Waals surface area contributed by atoms with Crippen LogP contribution in [0.1, 0.15) is 40.0 Å². The Labute approximate surface area is 254 Å². The Morgan fingerprint density at radius 1 is 0.977 bits per heavy atom. The largest absolute Gasteiger partial charge is 0.481 e. The van der Waals surface area contributed by atoms with Gasteiger partial charge in [0.05, 0.1) is 35.9 Å². The van der Waals surface area contributed by atoms with Gasteiger partial charge in [-0.2, -0.15) is 4.98 Å². The number of benzene rings is 1. The van der Waals surface area contributed by atoms with E-state index in [2.05, 4.69) is 24.8 Å². The monoisotopic (exact) mass is 593 g/mol. The average molecular weight is 594 g/mol. The van der Waals surface area contributed by atoms with Crippen LogP contribution >= 0.6 is 0 Å². The molecular formula is C32H31N7O5. The number of piperidine rings is 1. The Balaban J connectivity index is 1.32. The second-order valence-corrected chi connectivity index (χ2v) is 11.0. The fourth-order valence-corrected chi connectivity index (χ4v) is 5.91. The summed E-state index contributed by atoms with van der Waals surface area (Å²) in [7, 11) is 1.48. The molecular weight excluding hydrogens is 562 g/mol. The van der Waals surface area contributed by atoms with Crippen molar-refractivity contribution in [3.63, 3.8) is 0 Å². The normalized spacial score (nSPS) is 16.5. The van der Waals surface area contributed by atoms with E-state index in [-0.39, 0.29) is 23.3 Å². The minimum atomic E-state index is -1.19. The van der Waals surface area contributed by atoms with Crippen LogP contribution in [-0.2, 0) is 11.3 Å². The highest BCUT2D eigenvalue weighted by Crippen LogP contribution is 2.42. The number of imide groups is 1. The third-order valence-electron chi connectivity index (χ3n) is 8.37. The minimum absolute atomic E-state index is 0.0953. The summed E-state index contributed by atoms with van der Waals surface area (Å²) in [6, 6.07) is 13.1. The molecule has 0 saturated carbocycles. The number of urea groups is 1. The molecule has 1 spiro atoms. The predicted molar refractivity (Wildman–Crippen MR) is 162 cm³/mol. The van der Waals surface area contributed by atoms with E-state index >= 15 is 0 Å². The van der Waals surface area contributed by atoms with E-state index in [1.807, 2.05) is 26.0 Å². The van der Waals surface area contributed by atoms with Crippen molar-refractivity contribution in [1.29, 1.82) is 0 Å². The lowest BCUT2D eigenvalue weighted by atomic mass is 9.85. The third kappa shape index (κ3) is 5.02. The molecule has 4 aromatic rings. The lowest BCUT2D eigenvalue weighted by Crippen LogP contribution is -2.57. The molecule has 0 aliphatic carbocycles. The number of aromatic carboxylic acids is 1. The molecule has 0 bridgehead atoms. The van der Waals surface area contributed by atoms with Gasteiger partial charge in [0.25, 0.3) is 5.91 Å². The van der Waals surface area contributed by atoms with Crippen molar-refractivity contribution in [1.82, 2.24) is 24.8 Å². The van der Waals surface area contributed by atoms with Gasteiger partial charge in [0.1, 0.15) is 5.54 Å². The Hall–Kier alpha value is -5.23. The summed E-state index contributed by atoms with van der Waals surface area (Å²) in [4.78, 5) is 62.4. The number of rotatable bonds is 7. The SMILES string of the molecule is COc1ccnc(N2C(=O)N(c3ccc(-c4ccc(C(=O)O)cc4C)nc3)C(=O)C23CCN(Cc2ncccc2C)CC3)n1. The standard InChI is InChI=1S/C32H31N7O5/c1-20-5-4-13-33-26(20)19-37-15-11-32(12-16-37)29(42)38(31(43)39(32)30-34-14-10-27(36-30)44-3)23-7-9-25(35-18-23)24-8-6-22(28(40)41)17-21(24)2/h4-10,13-14,17-18H,11-12,15-16,19H2,1-3H3,(H,40,41). The van der Waals surface area contributed by atoms with Crippen molar-refractivity contribution in [2.75, 3.05) is 30.0 Å². The van der Waals surface area contributed by atoms with Gasteiger partial charge in [-0.05, 0) is 68.1 Å². The van der Waals surface area contributed by atoms with Crippen LogP contribution in [0.15, 0.2) is 67.1 Å². The molecule has 1 N–H and O–H groups in total. The molecule has 1 aromatic carbocycles. The van der Waals surface area contributed by atoms with Crippen LogP contribution in [0.2, 0.25) is 0 Å². The summed E-state index contributed by atoms with van der Waals surface area (Å²) in [5.74, 6) is -0.996. The molecule has 44 heavy (non-hydrogen) atoms.